The van der Waals surface area contributed by atoms with E-state index in [1.807, 2.05) is 0 Å². The highest BCUT2D eigenvalue weighted by molar-refractivity contribution is 5.93. The first-order chi connectivity index (χ1) is 9.20. The van der Waals surface area contributed by atoms with Crippen LogP contribution in [0.25, 0.3) is 0 Å². The highest BCUT2D eigenvalue weighted by Gasteiger charge is 2.06. The molecule has 0 spiro atoms. The number of carbonyl (C=O) groups excluding carboxylic acids is 1. The summed E-state index contributed by atoms with van der Waals surface area (Å²) < 4.78 is 13.2. The topological polar surface area (TPSA) is 75.1 Å². The summed E-state index contributed by atoms with van der Waals surface area (Å²) in [5, 5.41) is 18.8. The number of aromatic nitrogens is 2. The summed E-state index contributed by atoms with van der Waals surface area (Å²) in [6.07, 6.45) is 2.79. The lowest BCUT2D eigenvalue weighted by Crippen LogP contribution is -2.23. The number of hydrogen-bond donors (Lipinski definition) is 2. The number of nitrogens with zero attached hydrogens (tertiary/aromatic N) is 2. The van der Waals surface area contributed by atoms with Crippen molar-refractivity contribution in [2.45, 2.75) is 13.2 Å². The van der Waals surface area contributed by atoms with Crippen molar-refractivity contribution >= 4 is 5.91 Å². The standard InChI is InChI=1S/C13H12FN3O2/c14-12-2-1-9(5-11(12)8-18)6-15-13(19)10-3-4-16-17-7-10/h1-5,7,18H,6,8H2,(H,15,19). The van der Waals surface area contributed by atoms with Gasteiger partial charge in [-0.3, -0.25) is 4.79 Å². The maximum atomic E-state index is 13.2. The number of rotatable bonds is 4. The van der Waals surface area contributed by atoms with Gasteiger partial charge >= 0.3 is 0 Å². The minimum Gasteiger partial charge on any atom is -0.392 e. The molecule has 1 heterocycles. The fraction of sp³-hybridized carbons (Fsp3) is 0.154. The van der Waals surface area contributed by atoms with E-state index in [1.54, 1.807) is 12.1 Å². The van der Waals surface area contributed by atoms with E-state index in [1.165, 1.54) is 24.5 Å². The zero-order valence-electron chi connectivity index (χ0n) is 10.0. The van der Waals surface area contributed by atoms with E-state index in [9.17, 15) is 9.18 Å². The third kappa shape index (κ3) is 3.32. The zero-order valence-corrected chi connectivity index (χ0v) is 10.0. The van der Waals surface area contributed by atoms with Gasteiger partial charge in [0.15, 0.2) is 0 Å². The number of benzene rings is 1. The highest BCUT2D eigenvalue weighted by atomic mass is 19.1. The second-order valence-corrected chi connectivity index (χ2v) is 3.90. The van der Waals surface area contributed by atoms with Crippen LogP contribution < -0.4 is 5.32 Å². The van der Waals surface area contributed by atoms with Gasteiger partial charge < -0.3 is 10.4 Å². The Labute approximate surface area is 109 Å². The Morgan fingerprint density at radius 3 is 2.84 bits per heavy atom. The van der Waals surface area contributed by atoms with Gasteiger partial charge in [-0.25, -0.2) is 4.39 Å². The average Bonchev–Trinajstić information content (AvgIpc) is 2.47. The number of halogens is 1. The molecular weight excluding hydrogens is 249 g/mol. The molecule has 0 aliphatic rings. The molecule has 0 aliphatic heterocycles. The number of carbonyl (C=O) groups is 1. The predicted octanol–water partition coefficient (Wildman–Crippen LogP) is 1.04. The molecule has 19 heavy (non-hydrogen) atoms. The Balaban J connectivity index is 2.01. The summed E-state index contributed by atoms with van der Waals surface area (Å²) in [5.41, 5.74) is 1.32. The van der Waals surface area contributed by atoms with Gasteiger partial charge in [0.05, 0.1) is 24.6 Å². The molecule has 2 aromatic rings. The van der Waals surface area contributed by atoms with Crippen molar-refractivity contribution in [3.05, 3.63) is 59.2 Å². The minimum absolute atomic E-state index is 0.206. The van der Waals surface area contributed by atoms with Crippen molar-refractivity contribution < 1.29 is 14.3 Å². The Morgan fingerprint density at radius 2 is 2.16 bits per heavy atom. The number of nitrogens with one attached hydrogen (secondary N) is 1. The molecule has 1 aromatic heterocycles. The monoisotopic (exact) mass is 261 g/mol. The fourth-order valence-electron chi connectivity index (χ4n) is 1.57. The van der Waals surface area contributed by atoms with E-state index in [4.69, 9.17) is 5.11 Å². The molecule has 0 saturated heterocycles. The quantitative estimate of drug-likeness (QED) is 0.862. The van der Waals surface area contributed by atoms with Crippen molar-refractivity contribution in [1.29, 1.82) is 0 Å². The molecule has 98 valence electrons. The summed E-state index contributed by atoms with van der Waals surface area (Å²) in [6.45, 7) is -0.129. The normalized spacial score (nSPS) is 10.2. The summed E-state index contributed by atoms with van der Waals surface area (Å²) in [4.78, 5) is 11.7. The molecule has 0 atom stereocenters. The van der Waals surface area contributed by atoms with Crippen LogP contribution in [0.3, 0.4) is 0 Å². The minimum atomic E-state index is -0.462. The molecular formula is C13H12FN3O2. The van der Waals surface area contributed by atoms with Crippen molar-refractivity contribution in [1.82, 2.24) is 15.5 Å². The second kappa shape index (κ2) is 6.01. The predicted molar refractivity (Wildman–Crippen MR) is 65.5 cm³/mol. The molecule has 6 heteroatoms. The lowest BCUT2D eigenvalue weighted by molar-refractivity contribution is 0.0950. The van der Waals surface area contributed by atoms with Gasteiger partial charge in [-0.1, -0.05) is 6.07 Å². The van der Waals surface area contributed by atoms with Crippen LogP contribution in [0.5, 0.6) is 0 Å². The Morgan fingerprint density at radius 1 is 1.32 bits per heavy atom. The first-order valence-corrected chi connectivity index (χ1v) is 5.64. The van der Waals surface area contributed by atoms with E-state index in [0.29, 0.717) is 11.1 Å². The molecule has 0 saturated carbocycles. The van der Waals surface area contributed by atoms with E-state index in [-0.39, 0.29) is 24.6 Å². The Hall–Kier alpha value is -2.34. The molecule has 2 rings (SSSR count). The molecule has 0 bridgehead atoms. The van der Waals surface area contributed by atoms with Crippen LogP contribution in [-0.4, -0.2) is 21.2 Å². The van der Waals surface area contributed by atoms with Crippen LogP contribution in [0.2, 0.25) is 0 Å². The number of aliphatic hydroxyl groups is 1. The van der Waals surface area contributed by atoms with Crippen LogP contribution >= 0.6 is 0 Å². The second-order valence-electron chi connectivity index (χ2n) is 3.90. The van der Waals surface area contributed by atoms with Gasteiger partial charge in [-0.05, 0) is 23.8 Å². The van der Waals surface area contributed by atoms with Gasteiger partial charge in [0.1, 0.15) is 5.82 Å². The number of hydrogen-bond acceptors (Lipinski definition) is 4. The van der Waals surface area contributed by atoms with Crippen molar-refractivity contribution in [2.75, 3.05) is 0 Å². The molecule has 1 amide bonds. The van der Waals surface area contributed by atoms with Gasteiger partial charge in [0, 0.05) is 12.1 Å². The van der Waals surface area contributed by atoms with Crippen LogP contribution in [0, 0.1) is 5.82 Å². The summed E-state index contributed by atoms with van der Waals surface area (Å²) >= 11 is 0. The van der Waals surface area contributed by atoms with Crippen molar-refractivity contribution in [2.24, 2.45) is 0 Å². The highest BCUT2D eigenvalue weighted by Crippen LogP contribution is 2.10. The molecule has 1 aromatic carbocycles. The number of aliphatic hydroxyl groups excluding tert-OH is 1. The van der Waals surface area contributed by atoms with Crippen LogP contribution in [0.4, 0.5) is 4.39 Å². The third-order valence-electron chi connectivity index (χ3n) is 2.58. The van der Waals surface area contributed by atoms with Crippen LogP contribution in [-0.2, 0) is 13.2 Å². The lowest BCUT2D eigenvalue weighted by Gasteiger charge is -2.07. The molecule has 0 aliphatic carbocycles. The lowest BCUT2D eigenvalue weighted by atomic mass is 10.1. The number of amides is 1. The summed E-state index contributed by atoms with van der Waals surface area (Å²) in [5.74, 6) is -0.749. The van der Waals surface area contributed by atoms with E-state index >= 15 is 0 Å². The first-order valence-electron chi connectivity index (χ1n) is 5.64. The maximum Gasteiger partial charge on any atom is 0.253 e. The molecule has 0 radical (unpaired) electrons. The first kappa shape index (κ1) is 13.1. The third-order valence-corrected chi connectivity index (χ3v) is 2.58. The fourth-order valence-corrected chi connectivity index (χ4v) is 1.57. The SMILES string of the molecule is O=C(NCc1ccc(F)c(CO)c1)c1ccnnc1. The zero-order chi connectivity index (χ0) is 13.7. The van der Waals surface area contributed by atoms with Crippen LogP contribution in [0.1, 0.15) is 21.5 Å². The maximum absolute atomic E-state index is 13.2. The summed E-state index contributed by atoms with van der Waals surface area (Å²) in [6, 6.07) is 5.88. The van der Waals surface area contributed by atoms with Gasteiger partial charge in [0.25, 0.3) is 5.91 Å². The van der Waals surface area contributed by atoms with Gasteiger partial charge in [0.2, 0.25) is 0 Å². The molecule has 0 unspecified atom stereocenters. The largest absolute Gasteiger partial charge is 0.392 e. The van der Waals surface area contributed by atoms with Crippen molar-refractivity contribution in [3.63, 3.8) is 0 Å². The molecule has 2 N–H and O–H groups in total. The summed E-state index contributed by atoms with van der Waals surface area (Å²) in [7, 11) is 0. The van der Waals surface area contributed by atoms with Crippen LogP contribution in [0.15, 0.2) is 36.7 Å². The van der Waals surface area contributed by atoms with E-state index in [2.05, 4.69) is 15.5 Å². The smallest absolute Gasteiger partial charge is 0.253 e. The molecule has 5 nitrogen and oxygen atoms in total. The van der Waals surface area contributed by atoms with Gasteiger partial charge in [-0.2, -0.15) is 10.2 Å². The Bertz CT molecular complexity index is 575. The van der Waals surface area contributed by atoms with Crippen molar-refractivity contribution in [3.8, 4) is 0 Å². The van der Waals surface area contributed by atoms with Gasteiger partial charge in [-0.15, -0.1) is 0 Å². The Kier molecular flexibility index (Phi) is 4.15. The van der Waals surface area contributed by atoms with E-state index < -0.39 is 5.82 Å². The average molecular weight is 261 g/mol. The van der Waals surface area contributed by atoms with E-state index in [0.717, 1.165) is 0 Å². The molecule has 0 fully saturated rings.